The molecule has 1 heterocycles. The van der Waals surface area contributed by atoms with Gasteiger partial charge in [0.05, 0.1) is 11.3 Å². The van der Waals surface area contributed by atoms with Crippen LogP contribution in [0.1, 0.15) is 22.3 Å². The van der Waals surface area contributed by atoms with Gasteiger partial charge in [0.1, 0.15) is 0 Å². The maximum atomic E-state index is 12.6. The highest BCUT2D eigenvalue weighted by atomic mass is 19.4. The number of alkyl halides is 3. The predicted molar refractivity (Wildman–Crippen MR) is 81.1 cm³/mol. The van der Waals surface area contributed by atoms with E-state index >= 15 is 0 Å². The normalized spacial score (nSPS) is 11.1. The fraction of sp³-hybridized carbons (Fsp3) is 0.250. The zero-order valence-electron chi connectivity index (χ0n) is 12.2. The molecule has 0 saturated carbocycles. The van der Waals surface area contributed by atoms with Gasteiger partial charge in [-0.1, -0.05) is 6.07 Å². The third-order valence-corrected chi connectivity index (χ3v) is 3.08. The number of benzene rings is 1. The molecule has 2 aromatic rings. The minimum Gasteiger partial charge on any atom is -0.384 e. The summed E-state index contributed by atoms with van der Waals surface area (Å²) in [5, 5.41) is 5.73. The number of aromatic nitrogens is 1. The van der Waals surface area contributed by atoms with Crippen molar-refractivity contribution in [3.63, 3.8) is 0 Å². The van der Waals surface area contributed by atoms with Gasteiger partial charge in [-0.15, -0.1) is 0 Å². The molecule has 0 aliphatic rings. The van der Waals surface area contributed by atoms with E-state index in [0.29, 0.717) is 19.5 Å². The van der Waals surface area contributed by atoms with E-state index in [1.54, 1.807) is 18.5 Å². The van der Waals surface area contributed by atoms with Crippen LogP contribution in [0, 0.1) is 0 Å². The average Bonchev–Trinajstić information content (AvgIpc) is 2.54. The van der Waals surface area contributed by atoms with Crippen molar-refractivity contribution in [3.05, 3.63) is 59.9 Å². The number of hydrogen-bond donors (Lipinski definition) is 2. The summed E-state index contributed by atoms with van der Waals surface area (Å²) in [5.74, 6) is -0.516. The fourth-order valence-corrected chi connectivity index (χ4v) is 1.93. The van der Waals surface area contributed by atoms with Crippen LogP contribution in [-0.2, 0) is 6.18 Å². The Hall–Kier alpha value is -2.57. The molecule has 2 rings (SSSR count). The second kappa shape index (κ2) is 7.62. The molecular formula is C16H16F3N3O. The van der Waals surface area contributed by atoms with Crippen LogP contribution in [0.4, 0.5) is 18.9 Å². The Balaban J connectivity index is 1.77. The number of amides is 1. The standard InChI is InChI=1S/C16H16F3N3O/c17-16(18,19)13-5-1-4-12(10-13)15(23)22-9-3-8-21-14-6-2-7-20-11-14/h1-2,4-7,10-11,21H,3,8-9H2,(H,22,23). The molecule has 0 saturated heterocycles. The molecule has 0 aliphatic heterocycles. The van der Waals surface area contributed by atoms with Crippen molar-refractivity contribution in [1.29, 1.82) is 0 Å². The number of carbonyl (C=O) groups is 1. The van der Waals surface area contributed by atoms with Crippen molar-refractivity contribution >= 4 is 11.6 Å². The van der Waals surface area contributed by atoms with Gasteiger partial charge < -0.3 is 10.6 Å². The quantitative estimate of drug-likeness (QED) is 0.802. The highest BCUT2D eigenvalue weighted by molar-refractivity contribution is 5.94. The Morgan fingerprint density at radius 2 is 1.96 bits per heavy atom. The van der Waals surface area contributed by atoms with Crippen LogP contribution in [0.2, 0.25) is 0 Å². The lowest BCUT2D eigenvalue weighted by molar-refractivity contribution is -0.137. The first-order chi connectivity index (χ1) is 11.0. The lowest BCUT2D eigenvalue weighted by Gasteiger charge is -2.10. The van der Waals surface area contributed by atoms with E-state index in [1.165, 1.54) is 12.1 Å². The molecule has 23 heavy (non-hydrogen) atoms. The first-order valence-corrected chi connectivity index (χ1v) is 7.06. The van der Waals surface area contributed by atoms with Crippen molar-refractivity contribution < 1.29 is 18.0 Å². The smallest absolute Gasteiger partial charge is 0.384 e. The van der Waals surface area contributed by atoms with Gasteiger partial charge in [-0.2, -0.15) is 13.2 Å². The van der Waals surface area contributed by atoms with E-state index in [9.17, 15) is 18.0 Å². The van der Waals surface area contributed by atoms with Gasteiger partial charge in [-0.25, -0.2) is 0 Å². The highest BCUT2D eigenvalue weighted by Crippen LogP contribution is 2.29. The predicted octanol–water partition coefficient (Wildman–Crippen LogP) is 3.33. The largest absolute Gasteiger partial charge is 0.416 e. The Morgan fingerprint density at radius 1 is 1.13 bits per heavy atom. The van der Waals surface area contributed by atoms with Gasteiger partial charge in [0.2, 0.25) is 0 Å². The first-order valence-electron chi connectivity index (χ1n) is 7.06. The van der Waals surface area contributed by atoms with Gasteiger partial charge in [0.25, 0.3) is 5.91 Å². The van der Waals surface area contributed by atoms with Crippen molar-refractivity contribution in [3.8, 4) is 0 Å². The van der Waals surface area contributed by atoms with Gasteiger partial charge in [0.15, 0.2) is 0 Å². The number of nitrogens with one attached hydrogen (secondary N) is 2. The zero-order chi connectivity index (χ0) is 16.7. The van der Waals surface area contributed by atoms with Gasteiger partial charge in [0, 0.05) is 31.0 Å². The third-order valence-electron chi connectivity index (χ3n) is 3.08. The van der Waals surface area contributed by atoms with Crippen LogP contribution in [0.15, 0.2) is 48.8 Å². The second-order valence-corrected chi connectivity index (χ2v) is 4.86. The number of rotatable bonds is 6. The lowest BCUT2D eigenvalue weighted by Crippen LogP contribution is -2.26. The molecule has 0 aliphatic carbocycles. The molecule has 0 bridgehead atoms. The van der Waals surface area contributed by atoms with Crippen molar-refractivity contribution in [2.24, 2.45) is 0 Å². The Labute approximate surface area is 131 Å². The Morgan fingerprint density at radius 3 is 2.65 bits per heavy atom. The molecule has 1 aromatic carbocycles. The summed E-state index contributed by atoms with van der Waals surface area (Å²) in [7, 11) is 0. The summed E-state index contributed by atoms with van der Waals surface area (Å²) in [5.41, 5.74) is 0.0418. The monoisotopic (exact) mass is 323 g/mol. The number of anilines is 1. The summed E-state index contributed by atoms with van der Waals surface area (Å²) < 4.78 is 37.8. The molecule has 0 atom stereocenters. The molecule has 4 nitrogen and oxygen atoms in total. The lowest BCUT2D eigenvalue weighted by atomic mass is 10.1. The minimum absolute atomic E-state index is 0.0000403. The molecule has 0 unspecified atom stereocenters. The minimum atomic E-state index is -4.45. The summed E-state index contributed by atoms with van der Waals surface area (Å²) in [6, 6.07) is 8.05. The molecule has 122 valence electrons. The molecule has 0 spiro atoms. The van der Waals surface area contributed by atoms with Crippen LogP contribution >= 0.6 is 0 Å². The number of nitrogens with zero attached hydrogens (tertiary/aromatic N) is 1. The zero-order valence-corrected chi connectivity index (χ0v) is 12.2. The first kappa shape index (κ1) is 16.8. The van der Waals surface area contributed by atoms with Gasteiger partial charge >= 0.3 is 6.18 Å². The fourth-order valence-electron chi connectivity index (χ4n) is 1.93. The van der Waals surface area contributed by atoms with Crippen LogP contribution in [-0.4, -0.2) is 24.0 Å². The molecule has 0 fully saturated rings. The summed E-state index contributed by atoms with van der Waals surface area (Å²) >= 11 is 0. The Kier molecular flexibility index (Phi) is 5.56. The number of hydrogen-bond acceptors (Lipinski definition) is 3. The highest BCUT2D eigenvalue weighted by Gasteiger charge is 2.30. The number of halogens is 3. The van der Waals surface area contributed by atoms with E-state index in [0.717, 1.165) is 17.8 Å². The van der Waals surface area contributed by atoms with E-state index in [4.69, 9.17) is 0 Å². The third kappa shape index (κ3) is 5.28. The average molecular weight is 323 g/mol. The summed E-state index contributed by atoms with van der Waals surface area (Å²) in [4.78, 5) is 15.8. The van der Waals surface area contributed by atoms with Crippen molar-refractivity contribution in [1.82, 2.24) is 10.3 Å². The SMILES string of the molecule is O=C(NCCCNc1cccnc1)c1cccc(C(F)(F)F)c1. The molecule has 7 heteroatoms. The van der Waals surface area contributed by atoms with Crippen LogP contribution in [0.5, 0.6) is 0 Å². The van der Waals surface area contributed by atoms with E-state index in [2.05, 4.69) is 15.6 Å². The van der Waals surface area contributed by atoms with Gasteiger partial charge in [-0.3, -0.25) is 9.78 Å². The summed E-state index contributed by atoms with van der Waals surface area (Å²) in [6.07, 6.45) is -0.467. The topological polar surface area (TPSA) is 54.0 Å². The van der Waals surface area contributed by atoms with Crippen molar-refractivity contribution in [2.75, 3.05) is 18.4 Å². The van der Waals surface area contributed by atoms with E-state index in [1.807, 2.05) is 6.07 Å². The molecule has 2 N–H and O–H groups in total. The van der Waals surface area contributed by atoms with E-state index in [-0.39, 0.29) is 5.56 Å². The second-order valence-electron chi connectivity index (χ2n) is 4.86. The maximum absolute atomic E-state index is 12.6. The molecule has 1 aromatic heterocycles. The maximum Gasteiger partial charge on any atom is 0.416 e. The van der Waals surface area contributed by atoms with Crippen LogP contribution < -0.4 is 10.6 Å². The van der Waals surface area contributed by atoms with Crippen molar-refractivity contribution in [2.45, 2.75) is 12.6 Å². The van der Waals surface area contributed by atoms with Crippen LogP contribution in [0.25, 0.3) is 0 Å². The van der Waals surface area contributed by atoms with E-state index < -0.39 is 17.6 Å². The molecule has 1 amide bonds. The number of pyridine rings is 1. The van der Waals surface area contributed by atoms with Gasteiger partial charge in [-0.05, 0) is 36.8 Å². The van der Waals surface area contributed by atoms with Crippen LogP contribution in [0.3, 0.4) is 0 Å². The number of carbonyl (C=O) groups excluding carboxylic acids is 1. The molecule has 0 radical (unpaired) electrons. The Bertz CT molecular complexity index is 645. The molecular weight excluding hydrogens is 307 g/mol. The summed E-state index contributed by atoms with van der Waals surface area (Å²) in [6.45, 7) is 0.983.